The van der Waals surface area contributed by atoms with Crippen molar-refractivity contribution in [2.75, 3.05) is 26.2 Å². The van der Waals surface area contributed by atoms with Gasteiger partial charge < -0.3 is 44.2 Å². The summed E-state index contributed by atoms with van der Waals surface area (Å²) in [5.41, 5.74) is 22.4. The summed E-state index contributed by atoms with van der Waals surface area (Å²) in [6.07, 6.45) is 32.1. The Labute approximate surface area is 360 Å². The van der Waals surface area contributed by atoms with Gasteiger partial charge in [0.2, 0.25) is 29.5 Å². The van der Waals surface area contributed by atoms with E-state index in [0.717, 1.165) is 109 Å². The number of hydrogen-bond donors (Lipinski definition) is 8. The van der Waals surface area contributed by atoms with E-state index >= 15 is 0 Å². The van der Waals surface area contributed by atoms with Crippen molar-refractivity contribution in [3.05, 3.63) is 0 Å². The minimum Gasteiger partial charge on any atom is -0.368 e. The number of nitrogens with one attached hydrogen (secondary N) is 4. The summed E-state index contributed by atoms with van der Waals surface area (Å²) in [7, 11) is 0. The summed E-state index contributed by atoms with van der Waals surface area (Å²) >= 11 is 0. The summed E-state index contributed by atoms with van der Waals surface area (Å²) in [5.74, 6) is -1.25. The first kappa shape index (κ1) is 56.2. The molecule has 3 atom stereocenters. The molecule has 0 rings (SSSR count). The highest BCUT2D eigenvalue weighted by molar-refractivity contribution is 5.92. The molecule has 13 nitrogen and oxygen atoms in total. The van der Waals surface area contributed by atoms with Gasteiger partial charge in [-0.1, -0.05) is 129 Å². The molecule has 0 bridgehead atoms. The molecule has 0 aromatic heterocycles. The molecule has 0 radical (unpaired) electrons. The smallest absolute Gasteiger partial charge is 0.243 e. The Morgan fingerprint density at radius 1 is 0.390 bits per heavy atom. The monoisotopic (exact) mass is 837 g/mol. The second-order valence-electron chi connectivity index (χ2n) is 16.8. The van der Waals surface area contributed by atoms with Crippen molar-refractivity contribution in [3.63, 3.8) is 0 Å². The van der Waals surface area contributed by atoms with Crippen LogP contribution in [0.15, 0.2) is 0 Å². The van der Waals surface area contributed by atoms with E-state index in [9.17, 15) is 24.0 Å². The maximum atomic E-state index is 13.5. The zero-order valence-corrected chi connectivity index (χ0v) is 37.7. The lowest BCUT2D eigenvalue weighted by Crippen LogP contribution is -2.53. The van der Waals surface area contributed by atoms with Crippen molar-refractivity contribution in [3.8, 4) is 0 Å². The summed E-state index contributed by atoms with van der Waals surface area (Å²) in [6, 6.07) is -2.00. The maximum absolute atomic E-state index is 13.5. The SMILES string of the molecule is CCCCCCCCCCCCCCCC(=O)N[C@@H](CCCCN)C(=O)N[C@@H](CCCCN)C(=O)NCCCCCCCCCCCC(=O)N[C@@H](CCCCN)C(N)=O. The van der Waals surface area contributed by atoms with Crippen LogP contribution in [0.3, 0.4) is 0 Å². The second kappa shape index (κ2) is 41.9. The molecule has 0 aromatic carbocycles. The van der Waals surface area contributed by atoms with Crippen LogP contribution >= 0.6 is 0 Å². The van der Waals surface area contributed by atoms with Gasteiger partial charge in [-0.05, 0) is 96.7 Å². The Hall–Kier alpha value is -2.77. The summed E-state index contributed by atoms with van der Waals surface area (Å²) in [5, 5.41) is 11.7. The summed E-state index contributed by atoms with van der Waals surface area (Å²) in [6.45, 7) is 4.39. The van der Waals surface area contributed by atoms with Crippen LogP contribution in [0.4, 0.5) is 0 Å². The number of primary amides is 1. The van der Waals surface area contributed by atoms with Crippen LogP contribution < -0.4 is 44.2 Å². The van der Waals surface area contributed by atoms with Crippen molar-refractivity contribution in [1.29, 1.82) is 0 Å². The van der Waals surface area contributed by atoms with E-state index in [1.54, 1.807) is 0 Å². The molecule has 346 valence electrons. The minimum absolute atomic E-state index is 0.115. The molecule has 0 aromatic rings. The molecule has 0 fully saturated rings. The molecule has 0 aliphatic heterocycles. The topological polar surface area (TPSA) is 238 Å². The number of carbonyl (C=O) groups is 5. The average Bonchev–Trinajstić information content (AvgIpc) is 3.21. The third-order valence-electron chi connectivity index (χ3n) is 11.2. The van der Waals surface area contributed by atoms with Crippen LogP contribution in [0.25, 0.3) is 0 Å². The first-order valence-corrected chi connectivity index (χ1v) is 24.3. The second-order valence-corrected chi connectivity index (χ2v) is 16.8. The van der Waals surface area contributed by atoms with E-state index in [2.05, 4.69) is 28.2 Å². The van der Waals surface area contributed by atoms with Crippen LogP contribution in [-0.2, 0) is 24.0 Å². The molecule has 12 N–H and O–H groups in total. The molecular formula is C46H92N8O5. The van der Waals surface area contributed by atoms with Crippen LogP contribution in [-0.4, -0.2) is 73.8 Å². The fraction of sp³-hybridized carbons (Fsp3) is 0.891. The van der Waals surface area contributed by atoms with Gasteiger partial charge in [-0.2, -0.15) is 0 Å². The molecule has 13 heteroatoms. The number of hydrogen-bond acceptors (Lipinski definition) is 8. The zero-order chi connectivity index (χ0) is 43.6. The summed E-state index contributed by atoms with van der Waals surface area (Å²) in [4.78, 5) is 63.5. The minimum atomic E-state index is -0.696. The molecule has 0 spiro atoms. The largest absolute Gasteiger partial charge is 0.368 e. The predicted octanol–water partition coefficient (Wildman–Crippen LogP) is 6.81. The van der Waals surface area contributed by atoms with Crippen LogP contribution in [0.5, 0.6) is 0 Å². The van der Waals surface area contributed by atoms with E-state index in [1.165, 1.54) is 64.2 Å². The van der Waals surface area contributed by atoms with Gasteiger partial charge in [0.1, 0.15) is 18.1 Å². The third kappa shape index (κ3) is 35.7. The average molecular weight is 837 g/mol. The Morgan fingerprint density at radius 3 is 1.12 bits per heavy atom. The van der Waals surface area contributed by atoms with Crippen LogP contribution in [0, 0.1) is 0 Å². The Morgan fingerprint density at radius 2 is 0.729 bits per heavy atom. The first-order valence-electron chi connectivity index (χ1n) is 24.3. The van der Waals surface area contributed by atoms with E-state index in [4.69, 9.17) is 22.9 Å². The quantitative estimate of drug-likeness (QED) is 0.0303. The number of amides is 5. The van der Waals surface area contributed by atoms with Crippen molar-refractivity contribution >= 4 is 29.5 Å². The standard InChI is InChI=1S/C46H92N8O5/c1-2-3-4-5-6-7-8-9-10-12-15-19-22-34-43(56)53-41(32-25-28-37-49)46(59)54-40(31-24-27-36-48)45(58)51-38-29-20-17-14-11-13-16-18-21-33-42(55)52-39(44(50)57)30-23-26-35-47/h39-41H,2-38,47-49H2,1H3,(H2,50,57)(H,51,58)(H,52,55)(H,53,56)(H,54,59)/t39-,40-,41-/m0/s1. The molecule has 5 amide bonds. The molecule has 0 aliphatic carbocycles. The number of unbranched alkanes of at least 4 members (excludes halogenated alkanes) is 23. The van der Waals surface area contributed by atoms with Gasteiger partial charge in [0.25, 0.3) is 0 Å². The van der Waals surface area contributed by atoms with Gasteiger partial charge in [-0.25, -0.2) is 0 Å². The number of carbonyl (C=O) groups excluding carboxylic acids is 5. The lowest BCUT2D eigenvalue weighted by molar-refractivity contribution is -0.132. The van der Waals surface area contributed by atoms with Gasteiger partial charge in [-0.3, -0.25) is 24.0 Å². The van der Waals surface area contributed by atoms with E-state index in [-0.39, 0.29) is 23.6 Å². The third-order valence-corrected chi connectivity index (χ3v) is 11.2. The lowest BCUT2D eigenvalue weighted by atomic mass is 10.0. The highest BCUT2D eigenvalue weighted by Gasteiger charge is 2.26. The van der Waals surface area contributed by atoms with Gasteiger partial charge in [0.05, 0.1) is 0 Å². The normalized spacial score (nSPS) is 12.7. The predicted molar refractivity (Wildman–Crippen MR) is 243 cm³/mol. The number of rotatable bonds is 44. The van der Waals surface area contributed by atoms with Crippen molar-refractivity contribution in [2.45, 2.75) is 237 Å². The van der Waals surface area contributed by atoms with E-state index < -0.39 is 24.0 Å². The van der Waals surface area contributed by atoms with Crippen LogP contribution in [0.1, 0.15) is 219 Å². The molecule has 0 saturated heterocycles. The number of nitrogens with two attached hydrogens (primary N) is 4. The van der Waals surface area contributed by atoms with Gasteiger partial charge in [-0.15, -0.1) is 0 Å². The Bertz CT molecular complexity index is 1050. The first-order chi connectivity index (χ1) is 28.7. The van der Waals surface area contributed by atoms with E-state index in [1.807, 2.05) is 0 Å². The Kier molecular flexibility index (Phi) is 40.0. The fourth-order valence-corrected chi connectivity index (χ4v) is 7.39. The summed E-state index contributed by atoms with van der Waals surface area (Å²) < 4.78 is 0. The molecule has 0 unspecified atom stereocenters. The molecule has 59 heavy (non-hydrogen) atoms. The zero-order valence-electron chi connectivity index (χ0n) is 37.7. The molecule has 0 heterocycles. The highest BCUT2D eigenvalue weighted by Crippen LogP contribution is 2.14. The van der Waals surface area contributed by atoms with Crippen molar-refractivity contribution in [1.82, 2.24) is 21.3 Å². The highest BCUT2D eigenvalue weighted by atomic mass is 16.2. The molecule has 0 saturated carbocycles. The van der Waals surface area contributed by atoms with Gasteiger partial charge in [0.15, 0.2) is 0 Å². The van der Waals surface area contributed by atoms with E-state index in [0.29, 0.717) is 64.7 Å². The van der Waals surface area contributed by atoms with Crippen molar-refractivity contribution < 1.29 is 24.0 Å². The lowest BCUT2D eigenvalue weighted by Gasteiger charge is -2.23. The molecule has 0 aliphatic rings. The fourth-order valence-electron chi connectivity index (χ4n) is 7.39. The van der Waals surface area contributed by atoms with Gasteiger partial charge in [0, 0.05) is 19.4 Å². The van der Waals surface area contributed by atoms with Gasteiger partial charge >= 0.3 is 0 Å². The molecular weight excluding hydrogens is 745 g/mol. The van der Waals surface area contributed by atoms with Crippen molar-refractivity contribution in [2.24, 2.45) is 22.9 Å². The Balaban J connectivity index is 4.45. The van der Waals surface area contributed by atoms with Crippen LogP contribution in [0.2, 0.25) is 0 Å². The maximum Gasteiger partial charge on any atom is 0.243 e.